The van der Waals surface area contributed by atoms with Gasteiger partial charge in [0.1, 0.15) is 5.82 Å². The van der Waals surface area contributed by atoms with Crippen molar-refractivity contribution in [1.82, 2.24) is 4.98 Å². The van der Waals surface area contributed by atoms with Crippen LogP contribution < -0.4 is 4.74 Å². The molecule has 2 N–H and O–H groups in total. The zero-order valence-corrected chi connectivity index (χ0v) is 20.6. The number of pyridine rings is 1. The third kappa shape index (κ3) is 5.48. The standard InChI is InChI=1S/C29H30FNO5/c1-17(29(34)36-3)28(20-8-9-20)21-10-11-22(16-32)23(12-21)13-26(33)19-6-4-18(5-7-19)24-14-27(35-2)31-15-25(24)30/h4-7,10-12,14-15,20,26,32-33H,8-9,13,16H2,1-3H3. The molecule has 188 valence electrons. The quantitative estimate of drug-likeness (QED) is 0.323. The molecule has 1 atom stereocenters. The molecule has 1 unspecified atom stereocenters. The first-order valence-electron chi connectivity index (χ1n) is 11.9. The largest absolute Gasteiger partial charge is 0.481 e. The van der Waals surface area contributed by atoms with Gasteiger partial charge < -0.3 is 19.7 Å². The molecule has 0 spiro atoms. The van der Waals surface area contributed by atoms with Gasteiger partial charge in [-0.05, 0) is 59.1 Å². The van der Waals surface area contributed by atoms with E-state index >= 15 is 0 Å². The first kappa shape index (κ1) is 25.5. The molecule has 1 heterocycles. The van der Waals surface area contributed by atoms with Crippen LogP contribution in [0, 0.1) is 11.7 Å². The average molecular weight is 492 g/mol. The van der Waals surface area contributed by atoms with E-state index in [4.69, 9.17) is 9.47 Å². The number of allylic oxidation sites excluding steroid dienone is 1. The van der Waals surface area contributed by atoms with Crippen molar-refractivity contribution in [3.05, 3.63) is 88.4 Å². The molecular weight excluding hydrogens is 461 g/mol. The van der Waals surface area contributed by atoms with Gasteiger partial charge in [0.25, 0.3) is 0 Å². The number of aromatic nitrogens is 1. The third-order valence-corrected chi connectivity index (χ3v) is 6.63. The lowest BCUT2D eigenvalue weighted by atomic mass is 9.90. The van der Waals surface area contributed by atoms with Gasteiger partial charge in [0, 0.05) is 23.6 Å². The molecule has 7 heteroatoms. The van der Waals surface area contributed by atoms with Crippen molar-refractivity contribution in [2.45, 2.75) is 38.9 Å². The van der Waals surface area contributed by atoms with Crippen LogP contribution >= 0.6 is 0 Å². The minimum Gasteiger partial charge on any atom is -0.481 e. The van der Waals surface area contributed by atoms with Crippen LogP contribution in [0.15, 0.2) is 60.3 Å². The fourth-order valence-corrected chi connectivity index (χ4v) is 4.49. The highest BCUT2D eigenvalue weighted by Gasteiger charge is 2.31. The predicted molar refractivity (Wildman–Crippen MR) is 135 cm³/mol. The molecular formula is C29H30FNO5. The second-order valence-electron chi connectivity index (χ2n) is 8.99. The lowest BCUT2D eigenvalue weighted by Crippen LogP contribution is -2.08. The van der Waals surface area contributed by atoms with Crippen LogP contribution in [0.4, 0.5) is 4.39 Å². The minimum atomic E-state index is -0.841. The summed E-state index contributed by atoms with van der Waals surface area (Å²) in [5.74, 6) is -0.195. The van der Waals surface area contributed by atoms with E-state index in [2.05, 4.69) is 4.98 Å². The number of esters is 1. The van der Waals surface area contributed by atoms with Gasteiger partial charge in [-0.1, -0.05) is 42.5 Å². The maximum Gasteiger partial charge on any atom is 0.333 e. The number of ether oxygens (including phenoxy) is 2. The smallest absolute Gasteiger partial charge is 0.333 e. The van der Waals surface area contributed by atoms with Crippen molar-refractivity contribution in [2.75, 3.05) is 14.2 Å². The minimum absolute atomic E-state index is 0.164. The van der Waals surface area contributed by atoms with Crippen molar-refractivity contribution >= 4 is 11.5 Å². The highest BCUT2D eigenvalue weighted by molar-refractivity contribution is 5.98. The molecule has 36 heavy (non-hydrogen) atoms. The lowest BCUT2D eigenvalue weighted by molar-refractivity contribution is -0.135. The summed E-state index contributed by atoms with van der Waals surface area (Å²) in [6, 6.07) is 14.2. The van der Waals surface area contributed by atoms with E-state index in [1.807, 2.05) is 18.2 Å². The SMILES string of the molecule is COC(=O)C(C)=C(c1ccc(CO)c(CC(O)c2ccc(-c3cc(OC)ncc3F)cc2)c1)C1CC1. The summed E-state index contributed by atoms with van der Waals surface area (Å²) >= 11 is 0. The Morgan fingerprint density at radius 3 is 2.44 bits per heavy atom. The van der Waals surface area contributed by atoms with E-state index in [1.165, 1.54) is 20.3 Å². The number of carbonyl (C=O) groups is 1. The summed E-state index contributed by atoms with van der Waals surface area (Å²) in [4.78, 5) is 16.1. The van der Waals surface area contributed by atoms with E-state index in [9.17, 15) is 19.4 Å². The van der Waals surface area contributed by atoms with Crippen molar-refractivity contribution in [3.63, 3.8) is 0 Å². The monoisotopic (exact) mass is 491 g/mol. The zero-order chi connectivity index (χ0) is 25.8. The highest BCUT2D eigenvalue weighted by atomic mass is 19.1. The molecule has 1 aliphatic rings. The fraction of sp³-hybridized carbons (Fsp3) is 0.310. The number of hydrogen-bond acceptors (Lipinski definition) is 6. The zero-order valence-electron chi connectivity index (χ0n) is 20.6. The fourth-order valence-electron chi connectivity index (χ4n) is 4.49. The van der Waals surface area contributed by atoms with Gasteiger partial charge in [0.2, 0.25) is 5.88 Å². The van der Waals surface area contributed by atoms with Crippen LogP contribution in [0.5, 0.6) is 5.88 Å². The van der Waals surface area contributed by atoms with E-state index in [1.54, 1.807) is 31.2 Å². The van der Waals surface area contributed by atoms with Gasteiger partial charge in [-0.25, -0.2) is 14.2 Å². The summed E-state index contributed by atoms with van der Waals surface area (Å²) in [5, 5.41) is 20.9. The van der Waals surface area contributed by atoms with E-state index in [0.29, 0.717) is 39.6 Å². The van der Waals surface area contributed by atoms with Crippen molar-refractivity contribution in [1.29, 1.82) is 0 Å². The van der Waals surface area contributed by atoms with Crippen LogP contribution in [0.3, 0.4) is 0 Å². The Labute approximate surface area is 210 Å². The van der Waals surface area contributed by atoms with Crippen LogP contribution in [-0.2, 0) is 22.6 Å². The molecule has 0 bridgehead atoms. The number of carbonyl (C=O) groups excluding carboxylic acids is 1. The molecule has 1 aromatic heterocycles. The van der Waals surface area contributed by atoms with E-state index in [-0.39, 0.29) is 19.0 Å². The number of methoxy groups -OCH3 is 2. The Bertz CT molecular complexity index is 1280. The van der Waals surface area contributed by atoms with Gasteiger partial charge >= 0.3 is 5.97 Å². The van der Waals surface area contributed by atoms with Crippen LogP contribution in [-0.4, -0.2) is 35.4 Å². The number of nitrogens with zero attached hydrogens (tertiary/aromatic N) is 1. The molecule has 0 amide bonds. The Morgan fingerprint density at radius 1 is 1.11 bits per heavy atom. The number of halogens is 1. The summed E-state index contributed by atoms with van der Waals surface area (Å²) in [7, 11) is 2.84. The number of benzene rings is 2. The molecule has 3 aromatic rings. The number of aliphatic hydroxyl groups is 2. The molecule has 2 aromatic carbocycles. The number of hydrogen-bond donors (Lipinski definition) is 2. The van der Waals surface area contributed by atoms with Gasteiger partial charge in [-0.2, -0.15) is 0 Å². The first-order valence-corrected chi connectivity index (χ1v) is 11.9. The van der Waals surface area contributed by atoms with E-state index < -0.39 is 11.9 Å². The van der Waals surface area contributed by atoms with Gasteiger partial charge in [-0.3, -0.25) is 0 Å². The summed E-state index contributed by atoms with van der Waals surface area (Å²) in [5.41, 5.74) is 5.62. The van der Waals surface area contributed by atoms with Gasteiger partial charge in [-0.15, -0.1) is 0 Å². The van der Waals surface area contributed by atoms with Crippen LogP contribution in [0.2, 0.25) is 0 Å². The lowest BCUT2D eigenvalue weighted by Gasteiger charge is -2.17. The first-order chi connectivity index (χ1) is 17.4. The molecule has 1 fully saturated rings. The second-order valence-corrected chi connectivity index (χ2v) is 8.99. The maximum atomic E-state index is 14.3. The Morgan fingerprint density at radius 2 is 1.83 bits per heavy atom. The van der Waals surface area contributed by atoms with Crippen LogP contribution in [0.25, 0.3) is 16.7 Å². The highest BCUT2D eigenvalue weighted by Crippen LogP contribution is 2.44. The second kappa shape index (κ2) is 11.0. The Kier molecular flexibility index (Phi) is 7.82. The van der Waals surface area contributed by atoms with Crippen molar-refractivity contribution in [2.24, 2.45) is 5.92 Å². The summed E-state index contributed by atoms with van der Waals surface area (Å²) in [6.07, 6.45) is 2.58. The Hall–Kier alpha value is -3.55. The normalized spacial score (nSPS) is 14.7. The van der Waals surface area contributed by atoms with E-state index in [0.717, 1.165) is 35.7 Å². The molecule has 0 saturated heterocycles. The third-order valence-electron chi connectivity index (χ3n) is 6.63. The molecule has 0 aliphatic heterocycles. The average Bonchev–Trinajstić information content (AvgIpc) is 3.74. The van der Waals surface area contributed by atoms with Crippen LogP contribution in [0.1, 0.15) is 48.1 Å². The van der Waals surface area contributed by atoms with Crippen molar-refractivity contribution < 1.29 is 28.9 Å². The number of aliphatic hydroxyl groups excluding tert-OH is 2. The molecule has 1 aliphatic carbocycles. The molecule has 6 nitrogen and oxygen atoms in total. The summed E-state index contributed by atoms with van der Waals surface area (Å²) in [6.45, 7) is 1.61. The topological polar surface area (TPSA) is 88.9 Å². The molecule has 0 radical (unpaired) electrons. The van der Waals surface area contributed by atoms with Gasteiger partial charge in [0.05, 0.1) is 33.1 Å². The van der Waals surface area contributed by atoms with Crippen molar-refractivity contribution in [3.8, 4) is 17.0 Å². The maximum absolute atomic E-state index is 14.3. The summed E-state index contributed by atoms with van der Waals surface area (Å²) < 4.78 is 24.3. The van der Waals surface area contributed by atoms with Gasteiger partial charge in [0.15, 0.2) is 0 Å². The number of rotatable bonds is 9. The predicted octanol–water partition coefficient (Wildman–Crippen LogP) is 5.02. The Balaban J connectivity index is 1.60. The molecule has 4 rings (SSSR count). The molecule has 1 saturated carbocycles.